The molecule has 6 rings (SSSR count). The van der Waals surface area contributed by atoms with Crippen molar-refractivity contribution in [2.45, 2.75) is 31.8 Å². The monoisotopic (exact) mass is 472 g/mol. The number of halogens is 3. The number of benzene rings is 1. The number of hydrogen-bond donors (Lipinski definition) is 1. The van der Waals surface area contributed by atoms with E-state index in [1.807, 2.05) is 15.6 Å². The molecule has 1 saturated heterocycles. The van der Waals surface area contributed by atoms with Crippen LogP contribution >= 0.6 is 11.6 Å². The molecule has 4 heterocycles. The summed E-state index contributed by atoms with van der Waals surface area (Å²) in [5.41, 5.74) is 1.58. The fraction of sp³-hybridized carbons (Fsp3) is 0.455. The van der Waals surface area contributed by atoms with Crippen molar-refractivity contribution in [1.29, 1.82) is 0 Å². The number of fused-ring (bicyclic) bond motifs is 3. The molecule has 0 radical (unpaired) electrons. The number of anilines is 4. The van der Waals surface area contributed by atoms with E-state index in [9.17, 15) is 8.78 Å². The van der Waals surface area contributed by atoms with Gasteiger partial charge in [0.1, 0.15) is 0 Å². The molecule has 1 saturated carbocycles. The number of nitrogens with zero attached hydrogens (tertiary/aromatic N) is 7. The lowest BCUT2D eigenvalue weighted by molar-refractivity contribution is 0.376. The lowest BCUT2D eigenvalue weighted by Gasteiger charge is -2.39. The molecule has 2 aromatic heterocycles. The van der Waals surface area contributed by atoms with Gasteiger partial charge in [0.05, 0.1) is 11.9 Å². The Bertz CT molecular complexity index is 1170. The van der Waals surface area contributed by atoms with Gasteiger partial charge in [-0.05, 0) is 43.2 Å². The van der Waals surface area contributed by atoms with Crippen molar-refractivity contribution in [3.8, 4) is 0 Å². The summed E-state index contributed by atoms with van der Waals surface area (Å²) in [6, 6.07) is 6.08. The summed E-state index contributed by atoms with van der Waals surface area (Å²) in [6.07, 6.45) is 4.89. The zero-order valence-electron chi connectivity index (χ0n) is 17.8. The molecular formula is C22H23ClF2N8. The number of rotatable bonds is 4. The predicted molar refractivity (Wildman–Crippen MR) is 121 cm³/mol. The van der Waals surface area contributed by atoms with Crippen LogP contribution in [0.3, 0.4) is 0 Å². The van der Waals surface area contributed by atoms with E-state index >= 15 is 0 Å². The SMILES string of the molecule is Fc1ccc(N2CCCn3nc(NC4[C@@H]5CC[C@H]4CN(c4cnnc(Cl)c4)C5)nc32)cc1F. The first-order valence-corrected chi connectivity index (χ1v) is 11.6. The minimum atomic E-state index is -0.864. The maximum atomic E-state index is 13.8. The molecule has 0 amide bonds. The van der Waals surface area contributed by atoms with Crippen molar-refractivity contribution in [2.75, 3.05) is 34.8 Å². The average molecular weight is 473 g/mol. The van der Waals surface area contributed by atoms with Gasteiger partial charge >= 0.3 is 0 Å². The highest BCUT2D eigenvalue weighted by atomic mass is 35.5. The molecule has 2 aliphatic heterocycles. The van der Waals surface area contributed by atoms with Crippen molar-refractivity contribution in [3.63, 3.8) is 0 Å². The normalized spacial score (nSPS) is 24.2. The lowest BCUT2D eigenvalue weighted by atomic mass is 9.92. The van der Waals surface area contributed by atoms with Gasteiger partial charge in [0.15, 0.2) is 16.8 Å². The van der Waals surface area contributed by atoms with Gasteiger partial charge in [-0.1, -0.05) is 11.6 Å². The van der Waals surface area contributed by atoms with Crippen molar-refractivity contribution in [2.24, 2.45) is 11.8 Å². The second-order valence-corrected chi connectivity index (χ2v) is 9.36. The highest BCUT2D eigenvalue weighted by molar-refractivity contribution is 6.29. The Morgan fingerprint density at radius 2 is 1.82 bits per heavy atom. The second-order valence-electron chi connectivity index (χ2n) is 8.97. The maximum Gasteiger partial charge on any atom is 0.244 e. The van der Waals surface area contributed by atoms with Crippen LogP contribution in [0, 0.1) is 23.5 Å². The Morgan fingerprint density at radius 1 is 1.00 bits per heavy atom. The van der Waals surface area contributed by atoms with E-state index < -0.39 is 11.6 Å². The van der Waals surface area contributed by atoms with Crippen LogP contribution in [-0.2, 0) is 6.54 Å². The van der Waals surface area contributed by atoms with Gasteiger partial charge in [-0.25, -0.2) is 13.5 Å². The third kappa shape index (κ3) is 3.76. The summed E-state index contributed by atoms with van der Waals surface area (Å²) in [5.74, 6) is 0.431. The molecule has 11 heteroatoms. The van der Waals surface area contributed by atoms with E-state index in [0.29, 0.717) is 41.1 Å². The highest BCUT2D eigenvalue weighted by Gasteiger charge is 2.43. The van der Waals surface area contributed by atoms with Gasteiger partial charge < -0.3 is 15.1 Å². The van der Waals surface area contributed by atoms with Crippen LogP contribution in [0.5, 0.6) is 0 Å². The Morgan fingerprint density at radius 3 is 2.58 bits per heavy atom. The van der Waals surface area contributed by atoms with E-state index in [1.165, 1.54) is 6.07 Å². The first-order chi connectivity index (χ1) is 16.0. The van der Waals surface area contributed by atoms with Crippen molar-refractivity contribution < 1.29 is 8.78 Å². The molecule has 2 bridgehead atoms. The fourth-order valence-corrected chi connectivity index (χ4v) is 5.60. The molecule has 33 heavy (non-hydrogen) atoms. The number of hydrogen-bond acceptors (Lipinski definition) is 7. The molecule has 1 aromatic carbocycles. The summed E-state index contributed by atoms with van der Waals surface area (Å²) in [4.78, 5) is 8.96. The van der Waals surface area contributed by atoms with Crippen LogP contribution in [0.4, 0.5) is 32.1 Å². The zero-order valence-corrected chi connectivity index (χ0v) is 18.6. The third-order valence-electron chi connectivity index (χ3n) is 6.97. The van der Waals surface area contributed by atoms with Crippen LogP contribution in [0.1, 0.15) is 19.3 Å². The predicted octanol–water partition coefficient (Wildman–Crippen LogP) is 3.87. The number of piperidine rings is 1. The van der Waals surface area contributed by atoms with E-state index in [4.69, 9.17) is 16.6 Å². The molecule has 1 unspecified atom stereocenters. The molecule has 0 spiro atoms. The second kappa shape index (κ2) is 8.09. The number of aryl methyl sites for hydroxylation is 1. The molecule has 1 N–H and O–H groups in total. The minimum absolute atomic E-state index is 0.285. The van der Waals surface area contributed by atoms with Gasteiger partial charge in [0.2, 0.25) is 11.9 Å². The van der Waals surface area contributed by atoms with Crippen LogP contribution in [-0.4, -0.2) is 50.6 Å². The quantitative estimate of drug-likeness (QED) is 0.617. The van der Waals surface area contributed by atoms with Crippen molar-refractivity contribution in [3.05, 3.63) is 47.2 Å². The van der Waals surface area contributed by atoms with Crippen molar-refractivity contribution >= 4 is 34.9 Å². The van der Waals surface area contributed by atoms with Crippen molar-refractivity contribution in [1.82, 2.24) is 25.0 Å². The molecule has 3 atom stereocenters. The van der Waals surface area contributed by atoms with E-state index in [-0.39, 0.29) is 6.04 Å². The number of nitrogens with one attached hydrogen (secondary N) is 1. The third-order valence-corrected chi connectivity index (χ3v) is 7.15. The van der Waals surface area contributed by atoms with Crippen LogP contribution in [0.2, 0.25) is 5.15 Å². The van der Waals surface area contributed by atoms with Crippen LogP contribution < -0.4 is 15.1 Å². The fourth-order valence-electron chi connectivity index (χ4n) is 5.44. The first kappa shape index (κ1) is 20.6. The van der Waals surface area contributed by atoms with Gasteiger partial charge in [0.25, 0.3) is 0 Å². The largest absolute Gasteiger partial charge is 0.369 e. The smallest absolute Gasteiger partial charge is 0.244 e. The average Bonchev–Trinajstić information content (AvgIpc) is 3.31. The van der Waals surface area contributed by atoms with Crippen LogP contribution in [0.15, 0.2) is 30.5 Å². The van der Waals surface area contributed by atoms with Gasteiger partial charge in [0, 0.05) is 50.0 Å². The summed E-state index contributed by atoms with van der Waals surface area (Å²) in [6.45, 7) is 3.23. The molecule has 1 aliphatic carbocycles. The molecular weight excluding hydrogens is 450 g/mol. The highest BCUT2D eigenvalue weighted by Crippen LogP contribution is 2.40. The Hall–Kier alpha value is -3.01. The van der Waals surface area contributed by atoms with E-state index in [1.54, 1.807) is 12.3 Å². The molecule has 8 nitrogen and oxygen atoms in total. The topological polar surface area (TPSA) is 75.0 Å². The standard InChI is InChI=1S/C22H23ClF2N8/c23-19-9-16(10-26-29-19)31-11-13-2-3-14(12-31)20(13)27-21-28-22-32(6-1-7-33(22)30-21)15-4-5-17(24)18(25)8-15/h4-5,8-10,13-14,20H,1-3,6-7,11-12H2,(H,27,30)/t13-,14+,20?. The van der Waals surface area contributed by atoms with E-state index in [0.717, 1.165) is 50.7 Å². The summed E-state index contributed by atoms with van der Waals surface area (Å²) < 4.78 is 29.1. The molecule has 3 aliphatic rings. The van der Waals surface area contributed by atoms with Crippen LogP contribution in [0.25, 0.3) is 0 Å². The summed E-state index contributed by atoms with van der Waals surface area (Å²) in [7, 11) is 0. The van der Waals surface area contributed by atoms with Gasteiger partial charge in [-0.15, -0.1) is 10.2 Å². The Balaban J connectivity index is 1.21. The molecule has 3 aromatic rings. The number of aromatic nitrogens is 5. The minimum Gasteiger partial charge on any atom is -0.369 e. The zero-order chi connectivity index (χ0) is 22.5. The summed E-state index contributed by atoms with van der Waals surface area (Å²) >= 11 is 6.04. The lowest BCUT2D eigenvalue weighted by Crippen LogP contribution is -2.48. The maximum absolute atomic E-state index is 13.8. The van der Waals surface area contributed by atoms with Gasteiger partial charge in [-0.3, -0.25) is 0 Å². The van der Waals surface area contributed by atoms with Gasteiger partial charge in [-0.2, -0.15) is 10.1 Å². The van der Waals surface area contributed by atoms with E-state index in [2.05, 4.69) is 25.5 Å². The summed E-state index contributed by atoms with van der Waals surface area (Å²) in [5, 5.41) is 16.5. The Kier molecular flexibility index (Phi) is 5.05. The Labute approximate surface area is 194 Å². The molecule has 172 valence electrons. The molecule has 2 fully saturated rings. The first-order valence-electron chi connectivity index (χ1n) is 11.2.